The molecule has 82 valence electrons. The number of aromatic nitrogens is 2. The van der Waals surface area contributed by atoms with E-state index >= 15 is 0 Å². The largest absolute Gasteiger partial charge is 0.332 e. The van der Waals surface area contributed by atoms with Gasteiger partial charge in [-0.05, 0) is 19.4 Å². The summed E-state index contributed by atoms with van der Waals surface area (Å²) in [5, 5.41) is 0. The van der Waals surface area contributed by atoms with Crippen LogP contribution < -0.4 is 5.73 Å². The maximum atomic E-state index is 5.51. The molecule has 2 heterocycles. The predicted octanol–water partition coefficient (Wildman–Crippen LogP) is 1.56. The minimum absolute atomic E-state index is 0. The average molecular weight is 238 g/mol. The van der Waals surface area contributed by atoms with Crippen molar-refractivity contribution in [1.29, 1.82) is 0 Å². The Morgan fingerprint density at radius 1 is 1.36 bits per heavy atom. The van der Waals surface area contributed by atoms with Gasteiger partial charge in [-0.2, -0.15) is 0 Å². The molecular weight excluding hydrogens is 221 g/mol. The molecule has 0 atom stereocenters. The zero-order valence-corrected chi connectivity index (χ0v) is 9.74. The van der Waals surface area contributed by atoms with Crippen LogP contribution in [0.25, 0.3) is 0 Å². The second-order valence-electron chi connectivity index (χ2n) is 3.31. The van der Waals surface area contributed by atoms with Gasteiger partial charge in [0.05, 0.1) is 0 Å². The zero-order valence-electron chi connectivity index (χ0n) is 8.11. The number of aryl methyl sites for hydroxylation is 1. The summed E-state index contributed by atoms with van der Waals surface area (Å²) in [6.45, 7) is 1.87. The number of rotatable bonds is 2. The highest BCUT2D eigenvalue weighted by molar-refractivity contribution is 5.85. The molecule has 0 aromatic carbocycles. The van der Waals surface area contributed by atoms with Gasteiger partial charge in [0.25, 0.3) is 0 Å². The Hall–Kier alpha value is -0.250. The van der Waals surface area contributed by atoms with E-state index in [9.17, 15) is 0 Å². The highest BCUT2D eigenvalue weighted by atomic mass is 35.5. The topological polar surface area (TPSA) is 43.8 Å². The second kappa shape index (κ2) is 6.27. The number of hydrogen-bond donors (Lipinski definition) is 1. The van der Waals surface area contributed by atoms with Crippen LogP contribution in [0.3, 0.4) is 0 Å². The van der Waals surface area contributed by atoms with Crippen molar-refractivity contribution in [3.8, 4) is 0 Å². The first-order valence-electron chi connectivity index (χ1n) is 4.65. The number of nitrogens with two attached hydrogens (primary N) is 1. The van der Waals surface area contributed by atoms with E-state index in [4.69, 9.17) is 5.73 Å². The van der Waals surface area contributed by atoms with Gasteiger partial charge < -0.3 is 10.3 Å². The molecule has 1 aliphatic rings. The van der Waals surface area contributed by atoms with Crippen LogP contribution in [0.4, 0.5) is 0 Å². The van der Waals surface area contributed by atoms with Crippen LogP contribution in [0.1, 0.15) is 24.4 Å². The number of hydrogen-bond acceptors (Lipinski definition) is 2. The summed E-state index contributed by atoms with van der Waals surface area (Å²) in [6.07, 6.45) is 6.67. The number of halogens is 2. The molecule has 0 aliphatic carbocycles. The fraction of sp³-hybridized carbons (Fsp3) is 0.667. The van der Waals surface area contributed by atoms with Crippen molar-refractivity contribution in [3.63, 3.8) is 0 Å². The Bertz CT molecular complexity index is 273. The Kier molecular flexibility index (Phi) is 6.16. The van der Waals surface area contributed by atoms with Gasteiger partial charge in [0.2, 0.25) is 0 Å². The summed E-state index contributed by atoms with van der Waals surface area (Å²) < 4.78 is 2.33. The molecule has 1 aromatic heterocycles. The third-order valence-electron chi connectivity index (χ3n) is 2.45. The summed E-state index contributed by atoms with van der Waals surface area (Å²) >= 11 is 0. The molecule has 0 unspecified atom stereocenters. The Morgan fingerprint density at radius 3 is 2.86 bits per heavy atom. The van der Waals surface area contributed by atoms with Crippen LogP contribution in [-0.2, 0) is 19.4 Å². The third kappa shape index (κ3) is 2.62. The van der Waals surface area contributed by atoms with E-state index in [2.05, 4.69) is 9.55 Å². The lowest BCUT2D eigenvalue weighted by Gasteiger charge is -2.15. The molecule has 0 saturated carbocycles. The standard InChI is InChI=1S/C9H15N3.2ClH/c10-5-4-8-7-11-9-3-1-2-6-12(8)9;;/h7H,1-6,10H2;2*1H. The summed E-state index contributed by atoms with van der Waals surface area (Å²) in [7, 11) is 0. The van der Waals surface area contributed by atoms with Crippen LogP contribution in [0, 0.1) is 0 Å². The van der Waals surface area contributed by atoms with Gasteiger partial charge in [-0.3, -0.25) is 0 Å². The first kappa shape index (κ1) is 13.8. The number of imidazole rings is 1. The van der Waals surface area contributed by atoms with Gasteiger partial charge in [0.15, 0.2) is 0 Å². The molecule has 1 aliphatic heterocycles. The lowest BCUT2D eigenvalue weighted by Crippen LogP contribution is -2.15. The van der Waals surface area contributed by atoms with Crippen LogP contribution in [0.15, 0.2) is 6.20 Å². The maximum Gasteiger partial charge on any atom is 0.108 e. The molecule has 5 heteroatoms. The molecule has 0 saturated heterocycles. The van der Waals surface area contributed by atoms with E-state index < -0.39 is 0 Å². The SMILES string of the molecule is Cl.Cl.NCCc1cnc2n1CCCC2. The molecular formula is C9H17Cl2N3. The molecule has 0 fully saturated rings. The molecule has 2 rings (SSSR count). The lowest BCUT2D eigenvalue weighted by molar-refractivity contribution is 0.508. The minimum Gasteiger partial charge on any atom is -0.332 e. The molecule has 0 radical (unpaired) electrons. The molecule has 1 aromatic rings. The van der Waals surface area contributed by atoms with E-state index in [0.29, 0.717) is 0 Å². The summed E-state index contributed by atoms with van der Waals surface area (Å²) in [4.78, 5) is 4.38. The summed E-state index contributed by atoms with van der Waals surface area (Å²) in [5.41, 5.74) is 6.82. The van der Waals surface area contributed by atoms with Gasteiger partial charge in [-0.15, -0.1) is 24.8 Å². The fourth-order valence-corrected chi connectivity index (χ4v) is 1.83. The average Bonchev–Trinajstić information content (AvgIpc) is 2.50. The van der Waals surface area contributed by atoms with Crippen molar-refractivity contribution >= 4 is 24.8 Å². The van der Waals surface area contributed by atoms with E-state index in [1.807, 2.05) is 6.20 Å². The van der Waals surface area contributed by atoms with Gasteiger partial charge in [-0.1, -0.05) is 0 Å². The molecule has 14 heavy (non-hydrogen) atoms. The van der Waals surface area contributed by atoms with Crippen molar-refractivity contribution in [1.82, 2.24) is 9.55 Å². The maximum absolute atomic E-state index is 5.51. The Morgan fingerprint density at radius 2 is 2.14 bits per heavy atom. The van der Waals surface area contributed by atoms with Crippen molar-refractivity contribution < 1.29 is 0 Å². The van der Waals surface area contributed by atoms with Gasteiger partial charge in [0, 0.05) is 31.3 Å². The third-order valence-corrected chi connectivity index (χ3v) is 2.45. The molecule has 0 amide bonds. The highest BCUT2D eigenvalue weighted by Crippen LogP contribution is 2.15. The Balaban J connectivity index is 0.000000845. The number of nitrogens with zero attached hydrogens (tertiary/aromatic N) is 2. The van der Waals surface area contributed by atoms with Crippen molar-refractivity contribution in [2.75, 3.05) is 6.54 Å². The zero-order chi connectivity index (χ0) is 8.39. The van der Waals surface area contributed by atoms with E-state index in [-0.39, 0.29) is 24.8 Å². The molecule has 2 N–H and O–H groups in total. The van der Waals surface area contributed by atoms with Crippen LogP contribution >= 0.6 is 24.8 Å². The predicted molar refractivity (Wildman–Crippen MR) is 62.4 cm³/mol. The smallest absolute Gasteiger partial charge is 0.108 e. The van der Waals surface area contributed by atoms with E-state index in [0.717, 1.165) is 25.9 Å². The van der Waals surface area contributed by atoms with Gasteiger partial charge in [0.1, 0.15) is 5.82 Å². The van der Waals surface area contributed by atoms with Crippen molar-refractivity contribution in [3.05, 3.63) is 17.7 Å². The molecule has 3 nitrogen and oxygen atoms in total. The van der Waals surface area contributed by atoms with Crippen LogP contribution in [0.2, 0.25) is 0 Å². The van der Waals surface area contributed by atoms with E-state index in [1.165, 1.54) is 24.4 Å². The summed E-state index contributed by atoms with van der Waals surface area (Å²) in [5.74, 6) is 1.25. The quantitative estimate of drug-likeness (QED) is 0.849. The minimum atomic E-state index is 0. The van der Waals surface area contributed by atoms with Crippen LogP contribution in [-0.4, -0.2) is 16.1 Å². The molecule has 0 bridgehead atoms. The van der Waals surface area contributed by atoms with Crippen LogP contribution in [0.5, 0.6) is 0 Å². The first-order valence-corrected chi connectivity index (χ1v) is 4.65. The second-order valence-corrected chi connectivity index (χ2v) is 3.31. The normalized spacial score (nSPS) is 13.8. The lowest BCUT2D eigenvalue weighted by atomic mass is 10.1. The molecule has 0 spiro atoms. The first-order chi connectivity index (χ1) is 5.92. The fourth-order valence-electron chi connectivity index (χ4n) is 1.83. The summed E-state index contributed by atoms with van der Waals surface area (Å²) in [6, 6.07) is 0. The monoisotopic (exact) mass is 237 g/mol. The Labute approximate surface area is 96.9 Å². The van der Waals surface area contributed by atoms with E-state index in [1.54, 1.807) is 0 Å². The highest BCUT2D eigenvalue weighted by Gasteiger charge is 2.12. The van der Waals surface area contributed by atoms with Gasteiger partial charge in [-0.25, -0.2) is 4.98 Å². The van der Waals surface area contributed by atoms with Crippen molar-refractivity contribution in [2.24, 2.45) is 5.73 Å². The van der Waals surface area contributed by atoms with Crippen molar-refractivity contribution in [2.45, 2.75) is 32.2 Å². The number of fused-ring (bicyclic) bond motifs is 1. The van der Waals surface area contributed by atoms with Gasteiger partial charge >= 0.3 is 0 Å².